The molecule has 5 rings (SSSR count). The van der Waals surface area contributed by atoms with Crippen molar-refractivity contribution < 1.29 is 23.1 Å². The molecule has 0 saturated carbocycles. The van der Waals surface area contributed by atoms with Crippen molar-refractivity contribution in [2.45, 2.75) is 50.1 Å². The van der Waals surface area contributed by atoms with Gasteiger partial charge in [0, 0.05) is 38.6 Å². The molecule has 194 valence electrons. The zero-order valence-electron chi connectivity index (χ0n) is 20.3. The number of fused-ring (bicyclic) bond motifs is 1. The fraction of sp³-hybridized carbons (Fsp3) is 0.640. The van der Waals surface area contributed by atoms with Gasteiger partial charge in [-0.25, -0.2) is 0 Å². The normalized spacial score (nSPS) is 29.4. The highest BCUT2D eigenvalue weighted by Crippen LogP contribution is 2.40. The lowest BCUT2D eigenvalue weighted by atomic mass is 9.97. The quantitative estimate of drug-likeness (QED) is 0.574. The Balaban J connectivity index is 1.23. The zero-order valence-corrected chi connectivity index (χ0v) is 21.1. The molecule has 0 radical (unpaired) electrons. The van der Waals surface area contributed by atoms with E-state index < -0.39 is 22.2 Å². The highest BCUT2D eigenvalue weighted by molar-refractivity contribution is 7.86. The van der Waals surface area contributed by atoms with Gasteiger partial charge >= 0.3 is 0 Å². The van der Waals surface area contributed by atoms with Crippen LogP contribution in [0.4, 0.5) is 0 Å². The van der Waals surface area contributed by atoms with Gasteiger partial charge in [-0.3, -0.25) is 9.59 Å². The topological polar surface area (TPSA) is 134 Å². The van der Waals surface area contributed by atoms with Gasteiger partial charge in [0.15, 0.2) is 0 Å². The number of aliphatic hydroxyl groups excluding tert-OH is 1. The number of rotatable bonds is 6. The molecule has 0 unspecified atom stereocenters. The number of aliphatic hydroxyl groups is 1. The second-order valence-electron chi connectivity index (χ2n) is 10.3. The monoisotopic (exact) mass is 515 g/mol. The zero-order chi connectivity index (χ0) is 25.4. The maximum Gasteiger partial charge on any atom is 0.282 e. The molecular weight excluding hydrogens is 482 g/mol. The lowest BCUT2D eigenvalue weighted by Crippen LogP contribution is -2.57. The Hall–Kier alpha value is -2.52. The summed E-state index contributed by atoms with van der Waals surface area (Å²) in [5.41, 5.74) is 2.06. The summed E-state index contributed by atoms with van der Waals surface area (Å²) in [5, 5.41) is 21.9. The Labute approximate surface area is 212 Å². The van der Waals surface area contributed by atoms with Gasteiger partial charge in [-0.1, -0.05) is 24.3 Å². The third-order valence-electron chi connectivity index (χ3n) is 8.12. The number of nitrogens with one attached hydrogen (secondary N) is 1. The summed E-state index contributed by atoms with van der Waals surface area (Å²) in [6.07, 6.45) is 3.10. The van der Waals surface area contributed by atoms with E-state index in [0.717, 1.165) is 17.5 Å². The second-order valence-corrected chi connectivity index (χ2v) is 12.3. The summed E-state index contributed by atoms with van der Waals surface area (Å²) >= 11 is 0. The first-order chi connectivity index (χ1) is 17.3. The van der Waals surface area contributed by atoms with E-state index in [4.69, 9.17) is 5.26 Å². The first kappa shape index (κ1) is 25.1. The van der Waals surface area contributed by atoms with Crippen molar-refractivity contribution in [1.82, 2.24) is 18.8 Å². The van der Waals surface area contributed by atoms with Gasteiger partial charge in [-0.2, -0.15) is 22.3 Å². The number of carbonyl (C=O) groups is 2. The first-order valence-corrected chi connectivity index (χ1v) is 14.2. The molecule has 2 amide bonds. The molecule has 4 aliphatic rings. The molecule has 2 N–H and O–H groups in total. The Bertz CT molecular complexity index is 1160. The largest absolute Gasteiger partial charge is 0.396 e. The molecule has 0 bridgehead atoms. The van der Waals surface area contributed by atoms with Crippen molar-refractivity contribution in [3.8, 4) is 6.07 Å². The number of hydrogen-bond acceptors (Lipinski definition) is 6. The Morgan fingerprint density at radius 1 is 1.06 bits per heavy atom. The van der Waals surface area contributed by atoms with Crippen LogP contribution < -0.4 is 5.32 Å². The Morgan fingerprint density at radius 2 is 1.78 bits per heavy atom. The van der Waals surface area contributed by atoms with Crippen LogP contribution in [-0.2, 0) is 19.8 Å². The number of amides is 2. The van der Waals surface area contributed by atoms with Crippen LogP contribution >= 0.6 is 0 Å². The lowest BCUT2D eigenvalue weighted by molar-refractivity contribution is -0.142. The fourth-order valence-electron chi connectivity index (χ4n) is 6.08. The average molecular weight is 516 g/mol. The maximum atomic E-state index is 13.5. The molecule has 36 heavy (non-hydrogen) atoms. The summed E-state index contributed by atoms with van der Waals surface area (Å²) in [6, 6.07) is 9.12. The van der Waals surface area contributed by atoms with Gasteiger partial charge in [0.25, 0.3) is 10.2 Å². The van der Waals surface area contributed by atoms with E-state index in [1.165, 1.54) is 8.61 Å². The lowest BCUT2D eigenvalue weighted by Gasteiger charge is -2.41. The molecule has 4 atom stereocenters. The van der Waals surface area contributed by atoms with Crippen LogP contribution in [0.15, 0.2) is 24.3 Å². The number of hydrogen-bond donors (Lipinski definition) is 2. The van der Waals surface area contributed by atoms with Crippen molar-refractivity contribution in [3.05, 3.63) is 35.4 Å². The van der Waals surface area contributed by atoms with Gasteiger partial charge in [0.1, 0.15) is 6.04 Å². The van der Waals surface area contributed by atoms with Crippen LogP contribution in [0.25, 0.3) is 0 Å². The molecule has 10 nitrogen and oxygen atoms in total. The average Bonchev–Trinajstić information content (AvgIpc) is 3.48. The summed E-state index contributed by atoms with van der Waals surface area (Å²) < 4.78 is 28.6. The summed E-state index contributed by atoms with van der Waals surface area (Å²) in [5.74, 6) is -1.13. The molecule has 11 heteroatoms. The molecule has 0 aromatic heterocycles. The van der Waals surface area contributed by atoms with E-state index in [0.29, 0.717) is 38.8 Å². The van der Waals surface area contributed by atoms with E-state index in [2.05, 4.69) is 11.4 Å². The number of carbonyl (C=O) groups excluding carboxylic acids is 2. The van der Waals surface area contributed by atoms with Crippen LogP contribution in [0.5, 0.6) is 0 Å². The Kier molecular flexibility index (Phi) is 7.05. The number of nitrogens with zero attached hydrogens (tertiary/aromatic N) is 4. The minimum absolute atomic E-state index is 0.0159. The van der Waals surface area contributed by atoms with Gasteiger partial charge in [-0.05, 0) is 43.2 Å². The second kappa shape index (κ2) is 10.1. The fourth-order valence-corrected chi connectivity index (χ4v) is 7.87. The number of piperidine rings is 1. The molecule has 3 saturated heterocycles. The predicted octanol–water partition coefficient (Wildman–Crippen LogP) is 0.727. The summed E-state index contributed by atoms with van der Waals surface area (Å²) in [7, 11) is -3.69. The van der Waals surface area contributed by atoms with Gasteiger partial charge < -0.3 is 15.3 Å². The molecule has 1 aromatic carbocycles. The minimum atomic E-state index is -3.69. The molecule has 1 aliphatic carbocycles. The van der Waals surface area contributed by atoms with E-state index in [1.54, 1.807) is 4.90 Å². The van der Waals surface area contributed by atoms with Crippen LogP contribution in [0.1, 0.15) is 55.2 Å². The van der Waals surface area contributed by atoms with Crippen LogP contribution in [0, 0.1) is 23.2 Å². The first-order valence-electron chi connectivity index (χ1n) is 12.8. The van der Waals surface area contributed by atoms with E-state index in [1.807, 2.05) is 24.3 Å². The molecular formula is C25H33N5O5S. The van der Waals surface area contributed by atoms with Gasteiger partial charge in [0.2, 0.25) is 11.8 Å². The van der Waals surface area contributed by atoms with Crippen LogP contribution in [0.3, 0.4) is 0 Å². The SMILES string of the molecule is N#CC1CN(S(=O)(=O)N2CCC[C@H](C(=O)N3CCC[C@@H]3C(=O)N[C@H]3C[C@@H](CO)c4ccccc43)C2)C1. The van der Waals surface area contributed by atoms with Gasteiger partial charge in [0.05, 0.1) is 30.6 Å². The van der Waals surface area contributed by atoms with Crippen molar-refractivity contribution in [3.63, 3.8) is 0 Å². The van der Waals surface area contributed by atoms with E-state index >= 15 is 0 Å². The molecule has 0 spiro atoms. The van der Waals surface area contributed by atoms with Crippen molar-refractivity contribution >= 4 is 22.0 Å². The van der Waals surface area contributed by atoms with Gasteiger partial charge in [-0.15, -0.1) is 0 Å². The minimum Gasteiger partial charge on any atom is -0.396 e. The highest BCUT2D eigenvalue weighted by Gasteiger charge is 2.44. The molecule has 3 heterocycles. The standard InChI is InChI=1S/C25H33N5O5S/c26-12-17-13-29(14-17)36(34,35)28-9-3-5-18(15-28)25(33)30-10-4-8-23(30)24(32)27-22-11-19(16-31)20-6-1-2-7-21(20)22/h1-2,6-7,17-19,22-23,31H,3-5,8-11,13-16H2,(H,27,32)/t18-,19-,22-,23+/m0/s1. The van der Waals surface area contributed by atoms with Crippen LogP contribution in [0.2, 0.25) is 0 Å². The molecule has 1 aromatic rings. The molecule has 3 fully saturated rings. The maximum absolute atomic E-state index is 13.5. The van der Waals surface area contributed by atoms with Crippen molar-refractivity contribution in [1.29, 1.82) is 5.26 Å². The number of benzene rings is 1. The summed E-state index contributed by atoms with van der Waals surface area (Å²) in [4.78, 5) is 28.5. The van der Waals surface area contributed by atoms with E-state index in [-0.39, 0.29) is 55.9 Å². The van der Waals surface area contributed by atoms with Crippen molar-refractivity contribution in [2.24, 2.45) is 11.8 Å². The highest BCUT2D eigenvalue weighted by atomic mass is 32.2. The van der Waals surface area contributed by atoms with E-state index in [9.17, 15) is 23.1 Å². The number of likely N-dealkylation sites (tertiary alicyclic amines) is 1. The molecule has 3 aliphatic heterocycles. The smallest absolute Gasteiger partial charge is 0.282 e. The van der Waals surface area contributed by atoms with Crippen molar-refractivity contribution in [2.75, 3.05) is 39.3 Å². The predicted molar refractivity (Wildman–Crippen MR) is 130 cm³/mol. The number of nitriles is 1. The Morgan fingerprint density at radius 3 is 2.50 bits per heavy atom. The van der Waals surface area contributed by atoms with Crippen LogP contribution in [-0.4, -0.2) is 84.2 Å². The third-order valence-corrected chi connectivity index (χ3v) is 10.1. The third kappa shape index (κ3) is 4.52. The summed E-state index contributed by atoms with van der Waals surface area (Å²) in [6.45, 7) is 1.36.